The van der Waals surface area contributed by atoms with Crippen LogP contribution in [-0.4, -0.2) is 38.7 Å². The SMILES string of the molecule is CCC(COC(=O)C(C)(C)C(F)(F)F)NS(=O)(=O)C(F)(F)F. The van der Waals surface area contributed by atoms with Gasteiger partial charge in [-0.1, -0.05) is 6.92 Å². The maximum atomic E-state index is 12.6. The van der Waals surface area contributed by atoms with E-state index in [1.807, 2.05) is 0 Å². The largest absolute Gasteiger partial charge is 0.511 e. The van der Waals surface area contributed by atoms with Gasteiger partial charge in [0.1, 0.15) is 6.61 Å². The first kappa shape index (κ1) is 21.0. The molecule has 0 aliphatic heterocycles. The Balaban J connectivity index is 4.85. The van der Waals surface area contributed by atoms with Gasteiger partial charge in [0.2, 0.25) is 0 Å². The third-order valence-electron chi connectivity index (χ3n) is 2.75. The number of hydrogen-bond acceptors (Lipinski definition) is 4. The molecule has 0 spiro atoms. The van der Waals surface area contributed by atoms with Gasteiger partial charge in [-0.25, -0.2) is 13.1 Å². The zero-order chi connectivity index (χ0) is 18.0. The minimum atomic E-state index is -5.68. The number of rotatable bonds is 6. The summed E-state index contributed by atoms with van der Waals surface area (Å²) >= 11 is 0. The summed E-state index contributed by atoms with van der Waals surface area (Å²) in [7, 11) is -5.68. The fraction of sp³-hybridized carbons (Fsp3) is 0.900. The van der Waals surface area contributed by atoms with Crippen LogP contribution in [0.5, 0.6) is 0 Å². The second-order valence-corrected chi connectivity index (χ2v) is 6.60. The van der Waals surface area contributed by atoms with E-state index in [9.17, 15) is 39.6 Å². The van der Waals surface area contributed by atoms with Gasteiger partial charge in [-0.2, -0.15) is 26.3 Å². The molecule has 0 saturated carbocycles. The lowest BCUT2D eigenvalue weighted by atomic mass is 9.93. The summed E-state index contributed by atoms with van der Waals surface area (Å²) < 4.78 is 101. The quantitative estimate of drug-likeness (QED) is 0.584. The third-order valence-corrected chi connectivity index (χ3v) is 4.01. The van der Waals surface area contributed by atoms with Crippen molar-refractivity contribution < 1.29 is 44.3 Å². The van der Waals surface area contributed by atoms with Crippen LogP contribution in [0.3, 0.4) is 0 Å². The van der Waals surface area contributed by atoms with E-state index in [4.69, 9.17) is 0 Å². The van der Waals surface area contributed by atoms with Gasteiger partial charge in [0.15, 0.2) is 5.41 Å². The first-order valence-corrected chi connectivity index (χ1v) is 7.37. The van der Waals surface area contributed by atoms with Crippen molar-refractivity contribution in [1.82, 2.24) is 4.72 Å². The monoisotopic (exact) mass is 359 g/mol. The average Bonchev–Trinajstić information content (AvgIpc) is 2.30. The first-order valence-electron chi connectivity index (χ1n) is 5.88. The molecule has 0 aromatic rings. The van der Waals surface area contributed by atoms with Crippen molar-refractivity contribution in [3.8, 4) is 0 Å². The molecular formula is C10H15F6NO4S. The molecule has 0 aliphatic rings. The van der Waals surface area contributed by atoms with E-state index in [-0.39, 0.29) is 6.42 Å². The zero-order valence-electron chi connectivity index (χ0n) is 11.8. The van der Waals surface area contributed by atoms with Gasteiger partial charge >= 0.3 is 27.7 Å². The maximum Gasteiger partial charge on any atom is 0.511 e. The second kappa shape index (κ2) is 6.60. The standard InChI is InChI=1S/C10H15F6NO4S/c1-4-6(17-22(19,20)10(14,15)16)5-21-7(18)8(2,3)9(11,12)13/h6,17H,4-5H2,1-3H3. The Morgan fingerprint density at radius 2 is 1.59 bits per heavy atom. The Kier molecular flexibility index (Phi) is 6.29. The van der Waals surface area contributed by atoms with Crippen molar-refractivity contribution in [2.75, 3.05) is 6.61 Å². The Bertz CT molecular complexity index is 497. The van der Waals surface area contributed by atoms with Gasteiger partial charge in [-0.15, -0.1) is 0 Å². The van der Waals surface area contributed by atoms with Crippen LogP contribution in [0.25, 0.3) is 0 Å². The molecule has 12 heteroatoms. The molecule has 22 heavy (non-hydrogen) atoms. The minimum absolute atomic E-state index is 0.227. The van der Waals surface area contributed by atoms with Crippen LogP contribution in [0.15, 0.2) is 0 Å². The molecule has 132 valence electrons. The normalized spacial score (nSPS) is 15.5. The lowest BCUT2D eigenvalue weighted by Crippen LogP contribution is -2.46. The molecule has 1 N–H and O–H groups in total. The number of carbonyl (C=O) groups excluding carboxylic acids is 1. The van der Waals surface area contributed by atoms with Crippen LogP contribution < -0.4 is 4.72 Å². The number of hydrogen-bond donors (Lipinski definition) is 1. The molecule has 1 unspecified atom stereocenters. The summed E-state index contributed by atoms with van der Waals surface area (Å²) in [4.78, 5) is 11.4. The summed E-state index contributed by atoms with van der Waals surface area (Å²) in [5.41, 5.74) is -8.44. The van der Waals surface area contributed by atoms with Gasteiger partial charge in [-0.05, 0) is 20.3 Å². The number of carbonyl (C=O) groups is 1. The van der Waals surface area contributed by atoms with Crippen LogP contribution in [0.4, 0.5) is 26.3 Å². The van der Waals surface area contributed by atoms with Gasteiger partial charge in [0, 0.05) is 0 Å². The van der Waals surface area contributed by atoms with Crippen molar-refractivity contribution in [2.24, 2.45) is 5.41 Å². The lowest BCUT2D eigenvalue weighted by Gasteiger charge is -2.26. The Labute approximate surface area is 123 Å². The first-order chi connectivity index (χ1) is 9.56. The molecule has 0 amide bonds. The fourth-order valence-electron chi connectivity index (χ4n) is 0.994. The van der Waals surface area contributed by atoms with Gasteiger partial charge < -0.3 is 4.74 Å². The third kappa shape index (κ3) is 5.00. The highest BCUT2D eigenvalue weighted by atomic mass is 32.2. The summed E-state index contributed by atoms with van der Waals surface area (Å²) in [6.07, 6.45) is -5.15. The lowest BCUT2D eigenvalue weighted by molar-refractivity contribution is -0.225. The van der Waals surface area contributed by atoms with E-state index in [1.54, 1.807) is 0 Å². The molecule has 1 atom stereocenters. The highest BCUT2D eigenvalue weighted by molar-refractivity contribution is 7.90. The number of halogens is 6. The fourth-order valence-corrected chi connectivity index (χ4v) is 1.80. The highest BCUT2D eigenvalue weighted by Gasteiger charge is 2.54. The summed E-state index contributed by atoms with van der Waals surface area (Å²) in [6, 6.07) is -1.50. The van der Waals surface area contributed by atoms with Crippen molar-refractivity contribution in [3.05, 3.63) is 0 Å². The minimum Gasteiger partial charge on any atom is -0.463 e. The topological polar surface area (TPSA) is 72.5 Å². The van der Waals surface area contributed by atoms with Crippen molar-refractivity contribution >= 4 is 16.0 Å². The van der Waals surface area contributed by atoms with Crippen molar-refractivity contribution in [2.45, 2.75) is 44.9 Å². The van der Waals surface area contributed by atoms with Crippen molar-refractivity contribution in [1.29, 1.82) is 0 Å². The smallest absolute Gasteiger partial charge is 0.463 e. The summed E-state index contributed by atoms with van der Waals surface area (Å²) in [6.45, 7) is 1.39. The molecule has 0 aromatic heterocycles. The van der Waals surface area contributed by atoms with E-state index in [0.717, 1.165) is 0 Å². The van der Waals surface area contributed by atoms with Crippen LogP contribution in [0, 0.1) is 5.41 Å². The van der Waals surface area contributed by atoms with E-state index in [1.165, 1.54) is 11.6 Å². The predicted octanol–water partition coefficient (Wildman–Crippen LogP) is 2.34. The van der Waals surface area contributed by atoms with E-state index < -0.39 is 45.7 Å². The molecule has 0 radical (unpaired) electrons. The van der Waals surface area contributed by atoms with Crippen LogP contribution in [-0.2, 0) is 19.6 Å². The molecule has 0 aromatic carbocycles. The van der Waals surface area contributed by atoms with Crippen LogP contribution in [0.2, 0.25) is 0 Å². The number of sulfonamides is 1. The van der Waals surface area contributed by atoms with E-state index in [0.29, 0.717) is 13.8 Å². The maximum absolute atomic E-state index is 12.6. The summed E-state index contributed by atoms with van der Waals surface area (Å²) in [5, 5.41) is 0. The Morgan fingerprint density at radius 3 is 1.91 bits per heavy atom. The number of alkyl halides is 6. The zero-order valence-corrected chi connectivity index (χ0v) is 12.6. The number of nitrogens with one attached hydrogen (secondary N) is 1. The average molecular weight is 359 g/mol. The molecule has 0 heterocycles. The molecule has 0 bridgehead atoms. The van der Waals surface area contributed by atoms with Crippen LogP contribution in [0.1, 0.15) is 27.2 Å². The molecular weight excluding hydrogens is 344 g/mol. The van der Waals surface area contributed by atoms with Gasteiger partial charge in [0.05, 0.1) is 6.04 Å². The highest BCUT2D eigenvalue weighted by Crippen LogP contribution is 2.38. The Morgan fingerprint density at radius 1 is 1.14 bits per heavy atom. The van der Waals surface area contributed by atoms with Gasteiger partial charge in [0.25, 0.3) is 0 Å². The summed E-state index contributed by atoms with van der Waals surface area (Å²) in [5.74, 6) is -1.72. The van der Waals surface area contributed by atoms with Gasteiger partial charge in [-0.3, -0.25) is 4.79 Å². The molecule has 0 rings (SSSR count). The Hall–Kier alpha value is -1.04. The van der Waals surface area contributed by atoms with Crippen LogP contribution >= 0.6 is 0 Å². The predicted molar refractivity (Wildman–Crippen MR) is 63.0 cm³/mol. The molecule has 0 aliphatic carbocycles. The second-order valence-electron chi connectivity index (χ2n) is 4.89. The number of esters is 1. The molecule has 0 fully saturated rings. The van der Waals surface area contributed by atoms with Crippen molar-refractivity contribution in [3.63, 3.8) is 0 Å². The van der Waals surface area contributed by atoms with E-state index >= 15 is 0 Å². The molecule has 5 nitrogen and oxygen atoms in total. The molecule has 0 saturated heterocycles. The number of ether oxygens (including phenoxy) is 1. The van der Waals surface area contributed by atoms with E-state index in [2.05, 4.69) is 4.74 Å².